The highest BCUT2D eigenvalue weighted by Crippen LogP contribution is 2.15. The molecule has 7 heteroatoms. The number of alkyl halides is 2. The summed E-state index contributed by atoms with van der Waals surface area (Å²) in [5.74, 6) is 1.09. The molecule has 1 rings (SSSR count). The van der Waals surface area contributed by atoms with Gasteiger partial charge in [0.25, 0.3) is 6.43 Å². The highest BCUT2D eigenvalue weighted by Gasteiger charge is 2.20. The van der Waals surface area contributed by atoms with E-state index in [9.17, 15) is 8.78 Å². The Morgan fingerprint density at radius 2 is 2.12 bits per heavy atom. The van der Waals surface area contributed by atoms with Crippen molar-refractivity contribution in [1.82, 2.24) is 10.1 Å². The number of rotatable bonds is 6. The highest BCUT2D eigenvalue weighted by atomic mass is 32.2. The van der Waals surface area contributed by atoms with E-state index in [0.29, 0.717) is 16.8 Å². The van der Waals surface area contributed by atoms with Crippen LogP contribution in [0.5, 0.6) is 0 Å². The van der Waals surface area contributed by atoms with Crippen LogP contribution in [0.2, 0.25) is 0 Å². The van der Waals surface area contributed by atoms with Crippen LogP contribution in [0, 0.1) is 0 Å². The maximum atomic E-state index is 12.0. The van der Waals surface area contributed by atoms with Gasteiger partial charge in [-0.25, -0.2) is 8.78 Å². The monoisotopic (exact) mass is 252 g/mol. The van der Waals surface area contributed by atoms with Crippen LogP contribution in [0.3, 0.4) is 0 Å². The maximum Gasteiger partial charge on any atom is 0.264 e. The zero-order valence-electron chi connectivity index (χ0n) is 9.06. The Balaban J connectivity index is 2.45. The number of hydrogen-bond acceptors (Lipinski definition) is 5. The summed E-state index contributed by atoms with van der Waals surface area (Å²) in [4.78, 5) is 3.91. The van der Waals surface area contributed by atoms with Crippen LogP contribution in [0.4, 0.5) is 8.78 Å². The van der Waals surface area contributed by atoms with Crippen molar-refractivity contribution >= 4 is 11.8 Å². The van der Waals surface area contributed by atoms with Gasteiger partial charge in [0.15, 0.2) is 5.82 Å². The Bertz CT molecular complexity index is 320. The SMILES string of the molecule is CC(C)SCc1noc(CC(O)C(F)F)n1. The fourth-order valence-corrected chi connectivity index (χ4v) is 1.54. The van der Waals surface area contributed by atoms with Gasteiger partial charge in [0, 0.05) is 0 Å². The van der Waals surface area contributed by atoms with Gasteiger partial charge in [-0.2, -0.15) is 16.7 Å². The number of halogens is 2. The molecule has 1 aromatic rings. The molecular weight excluding hydrogens is 238 g/mol. The topological polar surface area (TPSA) is 59.2 Å². The van der Waals surface area contributed by atoms with Crippen molar-refractivity contribution in [3.63, 3.8) is 0 Å². The number of aliphatic hydroxyl groups is 1. The molecule has 0 aliphatic heterocycles. The van der Waals surface area contributed by atoms with Crippen molar-refractivity contribution in [3.05, 3.63) is 11.7 Å². The molecule has 1 unspecified atom stereocenters. The lowest BCUT2D eigenvalue weighted by Gasteiger charge is -2.04. The van der Waals surface area contributed by atoms with Gasteiger partial charge in [0.1, 0.15) is 6.10 Å². The van der Waals surface area contributed by atoms with E-state index in [1.807, 2.05) is 13.8 Å². The van der Waals surface area contributed by atoms with Gasteiger partial charge in [0.05, 0.1) is 12.2 Å². The fourth-order valence-electron chi connectivity index (χ4n) is 0.941. The minimum atomic E-state index is -2.79. The third kappa shape index (κ3) is 4.44. The quantitative estimate of drug-likeness (QED) is 0.837. The molecule has 0 bridgehead atoms. The third-order valence-corrected chi connectivity index (χ3v) is 2.82. The first kappa shape index (κ1) is 13.4. The molecule has 16 heavy (non-hydrogen) atoms. The van der Waals surface area contributed by atoms with Crippen molar-refractivity contribution in [2.45, 2.75) is 43.8 Å². The lowest BCUT2D eigenvalue weighted by molar-refractivity contribution is -0.00754. The van der Waals surface area contributed by atoms with Gasteiger partial charge in [0.2, 0.25) is 5.89 Å². The number of aliphatic hydroxyl groups excluding tert-OH is 1. The second-order valence-electron chi connectivity index (χ2n) is 3.57. The highest BCUT2D eigenvalue weighted by molar-refractivity contribution is 7.99. The molecule has 1 N–H and O–H groups in total. The van der Waals surface area contributed by atoms with E-state index in [-0.39, 0.29) is 12.3 Å². The summed E-state index contributed by atoms with van der Waals surface area (Å²) < 4.78 is 28.8. The normalized spacial score (nSPS) is 13.7. The number of nitrogens with zero attached hydrogens (tertiary/aromatic N) is 2. The minimum absolute atomic E-state index is 0.0483. The molecular formula is C9H14F2N2O2S. The van der Waals surface area contributed by atoms with Crippen LogP contribution < -0.4 is 0 Å². The molecule has 0 amide bonds. The molecule has 0 aliphatic carbocycles. The smallest absolute Gasteiger partial charge is 0.264 e. The zero-order chi connectivity index (χ0) is 12.1. The first-order valence-corrected chi connectivity index (χ1v) is 5.93. The fraction of sp³-hybridized carbons (Fsp3) is 0.778. The first-order valence-electron chi connectivity index (χ1n) is 4.88. The summed E-state index contributed by atoms with van der Waals surface area (Å²) in [6.07, 6.45) is -4.84. The van der Waals surface area contributed by atoms with E-state index in [0.717, 1.165) is 0 Å². The molecule has 0 radical (unpaired) electrons. The average Bonchev–Trinajstić information content (AvgIpc) is 2.62. The summed E-state index contributed by atoms with van der Waals surface area (Å²) in [5, 5.41) is 13.0. The van der Waals surface area contributed by atoms with Crippen molar-refractivity contribution < 1.29 is 18.4 Å². The summed E-state index contributed by atoms with van der Waals surface area (Å²) in [6.45, 7) is 4.07. The van der Waals surface area contributed by atoms with Gasteiger partial charge < -0.3 is 9.63 Å². The summed E-state index contributed by atoms with van der Waals surface area (Å²) >= 11 is 1.63. The van der Waals surface area contributed by atoms with E-state index in [4.69, 9.17) is 9.63 Å². The minimum Gasteiger partial charge on any atom is -0.387 e. The van der Waals surface area contributed by atoms with Gasteiger partial charge in [-0.15, -0.1) is 0 Å². The Morgan fingerprint density at radius 3 is 2.69 bits per heavy atom. The molecule has 0 spiro atoms. The van der Waals surface area contributed by atoms with E-state index >= 15 is 0 Å². The summed E-state index contributed by atoms with van der Waals surface area (Å²) in [7, 11) is 0. The Kier molecular flexibility index (Phi) is 5.14. The molecule has 0 aliphatic rings. The summed E-state index contributed by atoms with van der Waals surface area (Å²) in [5.41, 5.74) is 0. The molecule has 0 aromatic carbocycles. The molecule has 1 atom stereocenters. The van der Waals surface area contributed by atoms with Crippen molar-refractivity contribution in [3.8, 4) is 0 Å². The van der Waals surface area contributed by atoms with Crippen molar-refractivity contribution in [1.29, 1.82) is 0 Å². The van der Waals surface area contributed by atoms with Crippen molar-refractivity contribution in [2.24, 2.45) is 0 Å². The Hall–Kier alpha value is -0.690. The van der Waals surface area contributed by atoms with Crippen LogP contribution in [-0.4, -0.2) is 33.0 Å². The lowest BCUT2D eigenvalue weighted by atomic mass is 10.2. The molecule has 0 saturated heterocycles. The molecule has 92 valence electrons. The third-order valence-electron chi connectivity index (χ3n) is 1.73. The maximum absolute atomic E-state index is 12.0. The first-order chi connectivity index (χ1) is 7.49. The predicted octanol–water partition coefficient (Wildman–Crippen LogP) is 1.88. The van der Waals surface area contributed by atoms with E-state index in [1.165, 1.54) is 0 Å². The van der Waals surface area contributed by atoms with Crippen LogP contribution >= 0.6 is 11.8 Å². The van der Waals surface area contributed by atoms with E-state index in [2.05, 4.69) is 10.1 Å². The molecule has 1 aromatic heterocycles. The van der Waals surface area contributed by atoms with E-state index in [1.54, 1.807) is 11.8 Å². The lowest BCUT2D eigenvalue weighted by Crippen LogP contribution is -2.20. The van der Waals surface area contributed by atoms with Crippen LogP contribution in [-0.2, 0) is 12.2 Å². The molecule has 0 saturated carbocycles. The predicted molar refractivity (Wildman–Crippen MR) is 56.4 cm³/mol. The molecule has 0 fully saturated rings. The second-order valence-corrected chi connectivity index (χ2v) is 5.13. The van der Waals surface area contributed by atoms with Crippen LogP contribution in [0.25, 0.3) is 0 Å². The molecule has 1 heterocycles. The van der Waals surface area contributed by atoms with Gasteiger partial charge in [-0.3, -0.25) is 0 Å². The largest absolute Gasteiger partial charge is 0.387 e. The van der Waals surface area contributed by atoms with Gasteiger partial charge in [-0.1, -0.05) is 19.0 Å². The van der Waals surface area contributed by atoms with E-state index < -0.39 is 12.5 Å². The summed E-state index contributed by atoms with van der Waals surface area (Å²) in [6, 6.07) is 0. The number of aromatic nitrogens is 2. The standard InChI is InChI=1S/C9H14F2N2O2S/c1-5(2)16-4-7-12-8(15-13-7)3-6(14)9(10)11/h5-6,9,14H,3-4H2,1-2H3. The molecule has 4 nitrogen and oxygen atoms in total. The van der Waals surface area contributed by atoms with Gasteiger partial charge >= 0.3 is 0 Å². The van der Waals surface area contributed by atoms with Crippen LogP contribution in [0.15, 0.2) is 4.52 Å². The van der Waals surface area contributed by atoms with Crippen LogP contribution in [0.1, 0.15) is 25.6 Å². The average molecular weight is 252 g/mol. The zero-order valence-corrected chi connectivity index (χ0v) is 9.88. The second kappa shape index (κ2) is 6.15. The Labute approximate surface area is 96.4 Å². The van der Waals surface area contributed by atoms with Crippen molar-refractivity contribution in [2.75, 3.05) is 0 Å². The Morgan fingerprint density at radius 1 is 1.44 bits per heavy atom. The van der Waals surface area contributed by atoms with Gasteiger partial charge in [-0.05, 0) is 5.25 Å². The number of hydrogen-bond donors (Lipinski definition) is 1. The number of thioether (sulfide) groups is 1.